The Morgan fingerprint density at radius 2 is 1.66 bits per heavy atom. The number of carboxylic acids is 1. The van der Waals surface area contributed by atoms with Crippen LogP contribution in [0.3, 0.4) is 0 Å². The number of nitrogens with zero attached hydrogens (tertiary/aromatic N) is 1. The molecule has 0 fully saturated rings. The first kappa shape index (κ1) is 26.1. The molecule has 6 nitrogen and oxygen atoms in total. The van der Waals surface area contributed by atoms with E-state index in [1.807, 2.05) is 72.8 Å². The van der Waals surface area contributed by atoms with Crippen LogP contribution in [-0.2, 0) is 6.42 Å². The molecule has 0 aliphatic heterocycles. The fourth-order valence-electron chi connectivity index (χ4n) is 5.54. The van der Waals surface area contributed by atoms with Crippen LogP contribution in [0.15, 0.2) is 97.2 Å². The molecule has 6 heteroatoms. The number of carbonyl (C=O) groups is 1. The van der Waals surface area contributed by atoms with E-state index in [0.717, 1.165) is 66.7 Å². The number of hydrogen-bond acceptors (Lipinski definition) is 4. The van der Waals surface area contributed by atoms with E-state index in [1.54, 1.807) is 13.3 Å². The second-order valence-electron chi connectivity index (χ2n) is 10.0. The molecule has 0 spiro atoms. The lowest BCUT2D eigenvalue weighted by atomic mass is 9.93. The zero-order valence-corrected chi connectivity index (χ0v) is 23.0. The number of aryl methyl sites for hydroxylation is 2. The predicted molar refractivity (Wildman–Crippen MR) is 163 cm³/mol. The topological polar surface area (TPSA) is 84.4 Å². The number of fused-ring (bicyclic) bond motifs is 2. The maximum Gasteiger partial charge on any atom is 0.352 e. The van der Waals surface area contributed by atoms with Crippen LogP contribution < -0.4 is 9.47 Å². The van der Waals surface area contributed by atoms with Crippen molar-refractivity contribution in [2.45, 2.75) is 19.8 Å². The smallest absolute Gasteiger partial charge is 0.352 e. The fourth-order valence-corrected chi connectivity index (χ4v) is 5.54. The van der Waals surface area contributed by atoms with Crippen LogP contribution in [0.4, 0.5) is 0 Å². The molecular formula is C35H30N2O4. The predicted octanol–water partition coefficient (Wildman–Crippen LogP) is 8.08. The van der Waals surface area contributed by atoms with Crippen LogP contribution in [0.1, 0.15) is 28.0 Å². The van der Waals surface area contributed by atoms with E-state index in [1.165, 1.54) is 0 Å². The quantitative estimate of drug-likeness (QED) is 0.180. The highest BCUT2D eigenvalue weighted by molar-refractivity contribution is 6.05. The number of nitrogens with one attached hydrogen (secondary N) is 1. The third kappa shape index (κ3) is 5.00. The first-order valence-electron chi connectivity index (χ1n) is 13.6. The number of pyridine rings is 1. The molecule has 0 atom stereocenters. The number of rotatable bonds is 9. The summed E-state index contributed by atoms with van der Waals surface area (Å²) in [6.45, 7) is 2.53. The van der Waals surface area contributed by atoms with Crippen molar-refractivity contribution in [2.75, 3.05) is 13.7 Å². The van der Waals surface area contributed by atoms with Gasteiger partial charge in [0.1, 0.15) is 17.2 Å². The van der Waals surface area contributed by atoms with Gasteiger partial charge in [0.25, 0.3) is 0 Å². The molecule has 2 heterocycles. The van der Waals surface area contributed by atoms with Gasteiger partial charge in [-0.3, -0.25) is 4.98 Å². The largest absolute Gasteiger partial charge is 0.497 e. The van der Waals surface area contributed by atoms with Crippen molar-refractivity contribution in [3.63, 3.8) is 0 Å². The Kier molecular flexibility index (Phi) is 7.13. The summed E-state index contributed by atoms with van der Waals surface area (Å²) >= 11 is 0. The van der Waals surface area contributed by atoms with Crippen LogP contribution in [0.5, 0.6) is 11.5 Å². The molecule has 2 N–H and O–H groups in total. The van der Waals surface area contributed by atoms with Gasteiger partial charge in [-0.2, -0.15) is 0 Å². The molecular weight excluding hydrogens is 512 g/mol. The third-order valence-electron chi connectivity index (χ3n) is 7.53. The second-order valence-corrected chi connectivity index (χ2v) is 10.0. The molecule has 0 amide bonds. The minimum Gasteiger partial charge on any atom is -0.497 e. The lowest BCUT2D eigenvalue weighted by Gasteiger charge is -2.14. The first-order chi connectivity index (χ1) is 20.0. The van der Waals surface area contributed by atoms with Crippen molar-refractivity contribution in [3.05, 3.63) is 114 Å². The molecule has 0 radical (unpaired) electrons. The van der Waals surface area contributed by atoms with E-state index < -0.39 is 5.97 Å². The van der Waals surface area contributed by atoms with E-state index in [2.05, 4.69) is 30.1 Å². The lowest BCUT2D eigenvalue weighted by molar-refractivity contribution is 0.0690. The minimum atomic E-state index is -0.976. The zero-order valence-electron chi connectivity index (χ0n) is 23.0. The van der Waals surface area contributed by atoms with Crippen LogP contribution in [-0.4, -0.2) is 34.8 Å². The summed E-state index contributed by atoms with van der Waals surface area (Å²) in [4.78, 5) is 20.4. The fraction of sp³-hybridized carbons (Fsp3) is 0.143. The van der Waals surface area contributed by atoms with E-state index >= 15 is 0 Å². The number of para-hydroxylation sites is 1. The van der Waals surface area contributed by atoms with Gasteiger partial charge < -0.3 is 19.6 Å². The SMILES string of the molecule is COc1ccc(-c2nccc(C)c2-c2cccc3c(CCCOc4cccc5ccccc45)c(C(=O)O)[nH]c23)cc1. The van der Waals surface area contributed by atoms with Crippen molar-refractivity contribution in [2.24, 2.45) is 0 Å². The van der Waals surface area contributed by atoms with Crippen molar-refractivity contribution in [3.8, 4) is 33.9 Å². The van der Waals surface area contributed by atoms with Gasteiger partial charge in [-0.1, -0.05) is 54.6 Å². The van der Waals surface area contributed by atoms with Gasteiger partial charge in [-0.05, 0) is 72.7 Å². The second kappa shape index (κ2) is 11.2. The molecule has 41 heavy (non-hydrogen) atoms. The number of ether oxygens (including phenoxy) is 2. The minimum absolute atomic E-state index is 0.213. The van der Waals surface area contributed by atoms with Gasteiger partial charge in [-0.25, -0.2) is 4.79 Å². The number of hydrogen-bond donors (Lipinski definition) is 2. The molecule has 0 aliphatic rings. The average molecular weight is 543 g/mol. The highest BCUT2D eigenvalue weighted by atomic mass is 16.5. The number of benzene rings is 4. The molecule has 204 valence electrons. The normalized spacial score (nSPS) is 11.2. The van der Waals surface area contributed by atoms with Crippen molar-refractivity contribution < 1.29 is 19.4 Å². The maximum atomic E-state index is 12.4. The molecule has 6 aromatic rings. The van der Waals surface area contributed by atoms with Crippen LogP contribution >= 0.6 is 0 Å². The highest BCUT2D eigenvalue weighted by Gasteiger charge is 2.21. The van der Waals surface area contributed by atoms with Gasteiger partial charge in [0.2, 0.25) is 0 Å². The molecule has 0 unspecified atom stereocenters. The van der Waals surface area contributed by atoms with Gasteiger partial charge in [0, 0.05) is 33.7 Å². The highest BCUT2D eigenvalue weighted by Crippen LogP contribution is 2.39. The Balaban J connectivity index is 1.34. The number of aromatic carboxylic acids is 1. The molecule has 2 aromatic heterocycles. The van der Waals surface area contributed by atoms with Gasteiger partial charge in [0.05, 0.1) is 24.9 Å². The summed E-state index contributed by atoms with van der Waals surface area (Å²) in [7, 11) is 1.64. The van der Waals surface area contributed by atoms with E-state index in [0.29, 0.717) is 19.4 Å². The van der Waals surface area contributed by atoms with Crippen LogP contribution in [0, 0.1) is 6.92 Å². The zero-order chi connectivity index (χ0) is 28.3. The van der Waals surface area contributed by atoms with E-state index in [-0.39, 0.29) is 5.69 Å². The van der Waals surface area contributed by atoms with Crippen LogP contribution in [0.25, 0.3) is 44.1 Å². The molecule has 0 aliphatic carbocycles. The summed E-state index contributed by atoms with van der Waals surface area (Å²) in [6, 6.07) is 29.9. The Morgan fingerprint density at radius 3 is 2.46 bits per heavy atom. The Hall–Kier alpha value is -5.10. The van der Waals surface area contributed by atoms with Gasteiger partial charge >= 0.3 is 5.97 Å². The Labute approximate surface area is 238 Å². The third-order valence-corrected chi connectivity index (χ3v) is 7.53. The van der Waals surface area contributed by atoms with Crippen LogP contribution in [0.2, 0.25) is 0 Å². The summed E-state index contributed by atoms with van der Waals surface area (Å²) in [5.41, 5.74) is 6.50. The van der Waals surface area contributed by atoms with E-state index in [9.17, 15) is 9.90 Å². The van der Waals surface area contributed by atoms with Crippen molar-refractivity contribution in [1.29, 1.82) is 0 Å². The van der Waals surface area contributed by atoms with Gasteiger partial charge in [0.15, 0.2) is 0 Å². The molecule has 6 rings (SSSR count). The summed E-state index contributed by atoms with van der Waals surface area (Å²) < 4.78 is 11.5. The molecule has 4 aromatic carbocycles. The summed E-state index contributed by atoms with van der Waals surface area (Å²) in [6.07, 6.45) is 3.04. The Morgan fingerprint density at radius 1 is 0.902 bits per heavy atom. The molecule has 0 saturated carbocycles. The standard InChI is InChI=1S/C35H30N2O4/c1-22-19-20-36-32(24-15-17-25(40-2)18-16-24)31(22)29-12-6-11-27-28(34(35(38)39)37-33(27)29)13-7-21-41-30-14-5-9-23-8-3-4-10-26(23)30/h3-6,8-12,14-20,37H,7,13,21H2,1-2H3,(H,38,39). The molecule has 0 bridgehead atoms. The first-order valence-corrected chi connectivity index (χ1v) is 13.6. The summed E-state index contributed by atoms with van der Waals surface area (Å²) in [5.74, 6) is 0.630. The van der Waals surface area contributed by atoms with Crippen molar-refractivity contribution >= 4 is 27.6 Å². The number of aromatic nitrogens is 2. The van der Waals surface area contributed by atoms with Crippen molar-refractivity contribution in [1.82, 2.24) is 9.97 Å². The van der Waals surface area contributed by atoms with E-state index in [4.69, 9.17) is 14.5 Å². The lowest BCUT2D eigenvalue weighted by Crippen LogP contribution is -2.04. The number of carboxylic acid groups (broad SMARTS) is 1. The Bertz CT molecular complexity index is 1870. The average Bonchev–Trinajstić information content (AvgIpc) is 3.38. The number of methoxy groups -OCH3 is 1. The number of H-pyrrole nitrogens is 1. The molecule has 0 saturated heterocycles. The number of aromatic amines is 1. The van der Waals surface area contributed by atoms with Gasteiger partial charge in [-0.15, -0.1) is 0 Å². The summed E-state index contributed by atoms with van der Waals surface area (Å²) in [5, 5.41) is 13.2. The maximum absolute atomic E-state index is 12.4. The monoisotopic (exact) mass is 542 g/mol.